The van der Waals surface area contributed by atoms with Gasteiger partial charge in [0.15, 0.2) is 5.78 Å². The number of methoxy groups -OCH3 is 1. The van der Waals surface area contributed by atoms with Gasteiger partial charge in [-0.2, -0.15) is 0 Å². The van der Waals surface area contributed by atoms with Crippen LogP contribution in [0.2, 0.25) is 0 Å². The van der Waals surface area contributed by atoms with Gasteiger partial charge < -0.3 is 14.9 Å². The van der Waals surface area contributed by atoms with E-state index in [-0.39, 0.29) is 23.9 Å². The lowest BCUT2D eigenvalue weighted by Gasteiger charge is -2.50. The number of aliphatic hydroxyl groups is 1. The topological polar surface area (TPSA) is 83.8 Å². The normalized spacial score (nSPS) is 36.8. The van der Waals surface area contributed by atoms with Crippen LogP contribution < -0.4 is 0 Å². The molecule has 0 aromatic carbocycles. The Kier molecular flexibility index (Phi) is 3.73. The summed E-state index contributed by atoms with van der Waals surface area (Å²) < 4.78 is 5.10. The van der Waals surface area contributed by atoms with Crippen molar-refractivity contribution in [2.24, 2.45) is 17.3 Å². The summed E-state index contributed by atoms with van der Waals surface area (Å²) in [5.41, 5.74) is 0.0735. The lowest BCUT2D eigenvalue weighted by atomic mass is 9.54. The number of fused-ring (bicyclic) bond motifs is 1. The van der Waals surface area contributed by atoms with E-state index in [9.17, 15) is 14.7 Å². The summed E-state index contributed by atoms with van der Waals surface area (Å²) in [4.78, 5) is 23.4. The molecule has 0 heterocycles. The van der Waals surface area contributed by atoms with Gasteiger partial charge in [-0.25, -0.2) is 0 Å². The van der Waals surface area contributed by atoms with E-state index in [2.05, 4.69) is 0 Å². The van der Waals surface area contributed by atoms with Gasteiger partial charge in [-0.1, -0.05) is 18.6 Å². The second kappa shape index (κ2) is 5.05. The van der Waals surface area contributed by atoms with Crippen LogP contribution in [0.4, 0.5) is 0 Å². The first-order valence-electron chi connectivity index (χ1n) is 6.68. The van der Waals surface area contributed by atoms with Crippen molar-refractivity contribution in [2.75, 3.05) is 7.11 Å². The molecule has 0 aromatic heterocycles. The molecule has 2 rings (SSSR count). The predicted octanol–water partition coefficient (Wildman–Crippen LogP) is 1.52. The standard InChI is InChI=1S/C15H20O5/c1-8-4-5-9-11(16)7-12(20-3)14(19)15(9,2)10(8)6-13(17)18/h4,7,9-10,14,19H,5-6H2,1-3H3,(H,17,18). The molecule has 0 aliphatic heterocycles. The highest BCUT2D eigenvalue weighted by Crippen LogP contribution is 2.53. The van der Waals surface area contributed by atoms with Crippen molar-refractivity contribution in [3.8, 4) is 0 Å². The number of carboxylic acids is 1. The molecular weight excluding hydrogens is 260 g/mol. The number of hydrogen-bond donors (Lipinski definition) is 2. The Balaban J connectivity index is 2.51. The van der Waals surface area contributed by atoms with Crippen LogP contribution in [0.3, 0.4) is 0 Å². The molecule has 2 aliphatic rings. The van der Waals surface area contributed by atoms with Gasteiger partial charge in [-0.3, -0.25) is 9.59 Å². The smallest absolute Gasteiger partial charge is 0.303 e. The Morgan fingerprint density at radius 1 is 1.55 bits per heavy atom. The zero-order chi connectivity index (χ0) is 15.1. The van der Waals surface area contributed by atoms with E-state index >= 15 is 0 Å². The molecule has 0 spiro atoms. The van der Waals surface area contributed by atoms with Gasteiger partial charge in [0.05, 0.1) is 13.5 Å². The highest BCUT2D eigenvalue weighted by atomic mass is 16.5. The highest BCUT2D eigenvalue weighted by Gasteiger charge is 2.55. The van der Waals surface area contributed by atoms with Crippen molar-refractivity contribution in [2.45, 2.75) is 32.8 Å². The van der Waals surface area contributed by atoms with Gasteiger partial charge in [0.2, 0.25) is 0 Å². The molecular formula is C15H20O5. The van der Waals surface area contributed by atoms with Crippen LogP contribution in [0.5, 0.6) is 0 Å². The molecule has 0 bridgehead atoms. The first kappa shape index (κ1) is 14.8. The summed E-state index contributed by atoms with van der Waals surface area (Å²) in [6.45, 7) is 3.65. The molecule has 0 fully saturated rings. The second-order valence-electron chi connectivity index (χ2n) is 5.81. The SMILES string of the molecule is COC1=CC(=O)C2CC=C(C)C(CC(=O)O)C2(C)C1O. The number of rotatable bonds is 3. The summed E-state index contributed by atoms with van der Waals surface area (Å²) in [7, 11) is 1.41. The van der Waals surface area contributed by atoms with Gasteiger partial charge in [0.25, 0.3) is 0 Å². The highest BCUT2D eigenvalue weighted by molar-refractivity contribution is 5.94. The van der Waals surface area contributed by atoms with Crippen molar-refractivity contribution < 1.29 is 24.5 Å². The van der Waals surface area contributed by atoms with Crippen molar-refractivity contribution in [3.05, 3.63) is 23.5 Å². The molecule has 20 heavy (non-hydrogen) atoms. The van der Waals surface area contributed by atoms with Crippen molar-refractivity contribution in [1.29, 1.82) is 0 Å². The second-order valence-corrected chi connectivity index (χ2v) is 5.81. The summed E-state index contributed by atoms with van der Waals surface area (Å²) in [6, 6.07) is 0. The van der Waals surface area contributed by atoms with Crippen LogP contribution in [0.25, 0.3) is 0 Å². The number of carbonyl (C=O) groups is 2. The molecule has 0 saturated heterocycles. The van der Waals surface area contributed by atoms with E-state index in [4.69, 9.17) is 9.84 Å². The van der Waals surface area contributed by atoms with Crippen LogP contribution in [0, 0.1) is 17.3 Å². The molecule has 2 aliphatic carbocycles. The van der Waals surface area contributed by atoms with Gasteiger partial charge >= 0.3 is 5.97 Å². The fourth-order valence-corrected chi connectivity index (χ4v) is 3.59. The number of allylic oxidation sites excluding steroid dienone is 3. The summed E-state index contributed by atoms with van der Waals surface area (Å²) in [5.74, 6) is -1.59. The number of ether oxygens (including phenoxy) is 1. The van der Waals surface area contributed by atoms with Crippen LogP contribution in [-0.2, 0) is 14.3 Å². The Labute approximate surface area is 117 Å². The van der Waals surface area contributed by atoms with Gasteiger partial charge in [-0.05, 0) is 19.3 Å². The van der Waals surface area contributed by atoms with Crippen LogP contribution >= 0.6 is 0 Å². The van der Waals surface area contributed by atoms with E-state index in [0.717, 1.165) is 5.57 Å². The third-order valence-corrected chi connectivity index (χ3v) is 4.83. The first-order valence-corrected chi connectivity index (χ1v) is 6.68. The third kappa shape index (κ3) is 2.06. The van der Waals surface area contributed by atoms with Crippen molar-refractivity contribution >= 4 is 11.8 Å². The molecule has 110 valence electrons. The molecule has 0 saturated carbocycles. The summed E-state index contributed by atoms with van der Waals surface area (Å²) in [5, 5.41) is 19.7. The van der Waals surface area contributed by atoms with Crippen LogP contribution in [0.15, 0.2) is 23.5 Å². The Hall–Kier alpha value is -1.62. The molecule has 0 amide bonds. The average Bonchev–Trinajstić information content (AvgIpc) is 2.38. The van der Waals surface area contributed by atoms with E-state index in [1.54, 1.807) is 6.92 Å². The molecule has 0 radical (unpaired) electrons. The Bertz CT molecular complexity index is 504. The maximum absolute atomic E-state index is 12.2. The summed E-state index contributed by atoms with van der Waals surface area (Å²) in [6.07, 6.45) is 2.71. The van der Waals surface area contributed by atoms with Gasteiger partial charge in [0.1, 0.15) is 11.9 Å². The maximum atomic E-state index is 12.2. The molecule has 5 heteroatoms. The number of aliphatic hydroxyl groups excluding tert-OH is 1. The number of aliphatic carboxylic acids is 1. The minimum atomic E-state index is -0.969. The van der Waals surface area contributed by atoms with E-state index in [1.807, 2.05) is 13.0 Å². The number of carboxylic acid groups (broad SMARTS) is 1. The fraction of sp³-hybridized carbons (Fsp3) is 0.600. The zero-order valence-electron chi connectivity index (χ0n) is 11.9. The summed E-state index contributed by atoms with van der Waals surface area (Å²) >= 11 is 0. The monoisotopic (exact) mass is 280 g/mol. The first-order chi connectivity index (χ1) is 9.32. The van der Waals surface area contributed by atoms with Gasteiger partial charge in [-0.15, -0.1) is 0 Å². The van der Waals surface area contributed by atoms with Gasteiger partial charge in [0, 0.05) is 17.4 Å². The Morgan fingerprint density at radius 3 is 2.75 bits per heavy atom. The van der Waals surface area contributed by atoms with E-state index in [1.165, 1.54) is 13.2 Å². The molecule has 4 atom stereocenters. The van der Waals surface area contributed by atoms with E-state index < -0.39 is 23.4 Å². The van der Waals surface area contributed by atoms with Crippen LogP contribution in [-0.4, -0.2) is 35.2 Å². The largest absolute Gasteiger partial charge is 0.498 e. The minimum Gasteiger partial charge on any atom is -0.498 e. The lowest BCUT2D eigenvalue weighted by Crippen LogP contribution is -2.54. The van der Waals surface area contributed by atoms with Crippen LogP contribution in [0.1, 0.15) is 26.7 Å². The molecule has 0 aromatic rings. The average molecular weight is 280 g/mol. The predicted molar refractivity (Wildman–Crippen MR) is 71.8 cm³/mol. The quantitative estimate of drug-likeness (QED) is 0.766. The molecule has 2 N–H and O–H groups in total. The van der Waals surface area contributed by atoms with Crippen molar-refractivity contribution in [3.63, 3.8) is 0 Å². The number of hydrogen-bond acceptors (Lipinski definition) is 4. The Morgan fingerprint density at radius 2 is 2.20 bits per heavy atom. The van der Waals surface area contributed by atoms with E-state index in [0.29, 0.717) is 6.42 Å². The minimum absolute atomic E-state index is 0.101. The third-order valence-electron chi connectivity index (χ3n) is 4.83. The maximum Gasteiger partial charge on any atom is 0.303 e. The lowest BCUT2D eigenvalue weighted by molar-refractivity contribution is -0.145. The zero-order valence-corrected chi connectivity index (χ0v) is 11.9. The molecule has 5 nitrogen and oxygen atoms in total. The molecule has 4 unspecified atom stereocenters. The van der Waals surface area contributed by atoms with Crippen molar-refractivity contribution in [1.82, 2.24) is 0 Å². The number of ketones is 1. The number of carbonyl (C=O) groups excluding carboxylic acids is 1. The fourth-order valence-electron chi connectivity index (χ4n) is 3.59.